The van der Waals surface area contributed by atoms with Crippen molar-refractivity contribution in [2.45, 2.75) is 39.8 Å². The maximum Gasteiger partial charge on any atom is 0.244 e. The molecular formula is C12H23N5O. The fraction of sp³-hybridized carbons (Fsp3) is 0.750. The van der Waals surface area contributed by atoms with Gasteiger partial charge in [0.2, 0.25) is 5.91 Å². The molecule has 0 radical (unpaired) electrons. The van der Waals surface area contributed by atoms with E-state index >= 15 is 0 Å². The van der Waals surface area contributed by atoms with E-state index in [0.29, 0.717) is 19.0 Å². The number of carbonyl (C=O) groups is 1. The highest BCUT2D eigenvalue weighted by Crippen LogP contribution is 2.05. The van der Waals surface area contributed by atoms with Gasteiger partial charge in [-0.3, -0.25) is 4.79 Å². The predicted octanol–water partition coefficient (Wildman–Crippen LogP) is 0.721. The Balaban J connectivity index is 2.46. The van der Waals surface area contributed by atoms with E-state index in [2.05, 4.69) is 34.8 Å². The molecule has 2 N–H and O–H groups in total. The third-order valence-corrected chi connectivity index (χ3v) is 2.71. The summed E-state index contributed by atoms with van der Waals surface area (Å²) in [4.78, 5) is 11.9. The standard InChI is InChI=1S/C12H23N5O/c1-9(2)5-6-14-12(18)10(3)17-8-11(7-13-4)15-16-17/h8-10,13H,5-7H2,1-4H3,(H,14,18). The first-order valence-electron chi connectivity index (χ1n) is 6.37. The van der Waals surface area contributed by atoms with Gasteiger partial charge in [-0.1, -0.05) is 19.1 Å². The SMILES string of the molecule is CNCc1cn(C(C)C(=O)NCCC(C)C)nn1. The number of rotatable bonds is 7. The van der Waals surface area contributed by atoms with E-state index in [1.165, 1.54) is 0 Å². The van der Waals surface area contributed by atoms with Gasteiger partial charge in [-0.15, -0.1) is 5.10 Å². The monoisotopic (exact) mass is 253 g/mol. The topological polar surface area (TPSA) is 71.8 Å². The van der Waals surface area contributed by atoms with E-state index in [1.807, 2.05) is 14.0 Å². The number of amides is 1. The van der Waals surface area contributed by atoms with Crippen molar-refractivity contribution in [3.8, 4) is 0 Å². The van der Waals surface area contributed by atoms with Crippen LogP contribution in [0.5, 0.6) is 0 Å². The average Bonchev–Trinajstić information content (AvgIpc) is 2.76. The summed E-state index contributed by atoms with van der Waals surface area (Å²) >= 11 is 0. The molecule has 1 aromatic heterocycles. The number of nitrogens with one attached hydrogen (secondary N) is 2. The zero-order valence-electron chi connectivity index (χ0n) is 11.6. The molecule has 1 unspecified atom stereocenters. The Kier molecular flexibility index (Phi) is 5.77. The minimum absolute atomic E-state index is 0.0171. The zero-order chi connectivity index (χ0) is 13.5. The van der Waals surface area contributed by atoms with Crippen LogP contribution in [-0.2, 0) is 11.3 Å². The normalized spacial score (nSPS) is 12.7. The molecule has 6 heteroatoms. The third-order valence-electron chi connectivity index (χ3n) is 2.71. The van der Waals surface area contributed by atoms with Crippen LogP contribution in [0.3, 0.4) is 0 Å². The number of carbonyl (C=O) groups excluding carboxylic acids is 1. The second kappa shape index (κ2) is 7.10. The van der Waals surface area contributed by atoms with Crippen LogP contribution in [0.2, 0.25) is 0 Å². The summed E-state index contributed by atoms with van der Waals surface area (Å²) in [6.45, 7) is 7.46. The van der Waals surface area contributed by atoms with Crippen molar-refractivity contribution in [1.82, 2.24) is 25.6 Å². The van der Waals surface area contributed by atoms with Crippen LogP contribution < -0.4 is 10.6 Å². The first kappa shape index (κ1) is 14.6. The Morgan fingerprint density at radius 3 is 2.78 bits per heavy atom. The molecule has 1 heterocycles. The smallest absolute Gasteiger partial charge is 0.244 e. The van der Waals surface area contributed by atoms with Gasteiger partial charge >= 0.3 is 0 Å². The third kappa shape index (κ3) is 4.44. The molecule has 0 fully saturated rings. The number of hydrogen-bond acceptors (Lipinski definition) is 4. The first-order chi connectivity index (χ1) is 8.54. The molecule has 0 aliphatic heterocycles. The predicted molar refractivity (Wildman–Crippen MR) is 70.0 cm³/mol. The highest BCUT2D eigenvalue weighted by Gasteiger charge is 2.16. The second-order valence-corrected chi connectivity index (χ2v) is 4.87. The summed E-state index contributed by atoms with van der Waals surface area (Å²) in [7, 11) is 1.85. The molecule has 0 saturated carbocycles. The lowest BCUT2D eigenvalue weighted by atomic mass is 10.1. The fourth-order valence-electron chi connectivity index (χ4n) is 1.52. The summed E-state index contributed by atoms with van der Waals surface area (Å²) < 4.78 is 1.59. The van der Waals surface area contributed by atoms with Crippen LogP contribution in [0.25, 0.3) is 0 Å². The molecule has 0 bridgehead atoms. The van der Waals surface area contributed by atoms with Crippen LogP contribution in [0.1, 0.15) is 38.9 Å². The lowest BCUT2D eigenvalue weighted by Gasteiger charge is -2.12. The maximum atomic E-state index is 11.9. The molecular weight excluding hydrogens is 230 g/mol. The molecule has 0 aliphatic carbocycles. The van der Waals surface area contributed by atoms with Crippen molar-refractivity contribution in [3.05, 3.63) is 11.9 Å². The Morgan fingerprint density at radius 1 is 1.44 bits per heavy atom. The summed E-state index contributed by atoms with van der Waals surface area (Å²) in [5.74, 6) is 0.575. The van der Waals surface area contributed by atoms with Crippen LogP contribution in [0.15, 0.2) is 6.20 Å². The minimum Gasteiger partial charge on any atom is -0.354 e. The minimum atomic E-state index is -0.324. The molecule has 1 amide bonds. The van der Waals surface area contributed by atoms with Crippen LogP contribution >= 0.6 is 0 Å². The van der Waals surface area contributed by atoms with Crippen LogP contribution in [0, 0.1) is 5.92 Å². The summed E-state index contributed by atoms with van der Waals surface area (Å²) in [6.07, 6.45) is 2.78. The Morgan fingerprint density at radius 2 is 2.17 bits per heavy atom. The molecule has 1 rings (SSSR count). The fourth-order valence-corrected chi connectivity index (χ4v) is 1.52. The van der Waals surface area contributed by atoms with Crippen molar-refractivity contribution in [3.63, 3.8) is 0 Å². The van der Waals surface area contributed by atoms with E-state index in [-0.39, 0.29) is 11.9 Å². The molecule has 1 aromatic rings. The molecule has 1 atom stereocenters. The molecule has 0 spiro atoms. The van der Waals surface area contributed by atoms with E-state index < -0.39 is 0 Å². The van der Waals surface area contributed by atoms with Crippen molar-refractivity contribution >= 4 is 5.91 Å². The Hall–Kier alpha value is -1.43. The van der Waals surface area contributed by atoms with Gasteiger partial charge in [0.05, 0.1) is 11.9 Å². The molecule has 0 aromatic carbocycles. The van der Waals surface area contributed by atoms with Crippen LogP contribution in [0.4, 0.5) is 0 Å². The lowest BCUT2D eigenvalue weighted by Crippen LogP contribution is -2.32. The molecule has 6 nitrogen and oxygen atoms in total. The summed E-state index contributed by atoms with van der Waals surface area (Å²) in [5.41, 5.74) is 0.833. The quantitative estimate of drug-likeness (QED) is 0.751. The van der Waals surface area contributed by atoms with Crippen molar-refractivity contribution in [2.75, 3.05) is 13.6 Å². The van der Waals surface area contributed by atoms with E-state index in [0.717, 1.165) is 12.1 Å². The van der Waals surface area contributed by atoms with Crippen molar-refractivity contribution in [1.29, 1.82) is 0 Å². The Labute approximate surface area is 108 Å². The number of hydrogen-bond donors (Lipinski definition) is 2. The highest BCUT2D eigenvalue weighted by molar-refractivity contribution is 5.79. The molecule has 18 heavy (non-hydrogen) atoms. The largest absolute Gasteiger partial charge is 0.354 e. The number of aromatic nitrogens is 3. The Bertz CT molecular complexity index is 374. The second-order valence-electron chi connectivity index (χ2n) is 4.87. The van der Waals surface area contributed by atoms with E-state index in [4.69, 9.17) is 0 Å². The van der Waals surface area contributed by atoms with Gasteiger partial charge in [0.1, 0.15) is 6.04 Å². The van der Waals surface area contributed by atoms with E-state index in [1.54, 1.807) is 10.9 Å². The van der Waals surface area contributed by atoms with Gasteiger partial charge < -0.3 is 10.6 Å². The average molecular weight is 253 g/mol. The zero-order valence-corrected chi connectivity index (χ0v) is 11.6. The lowest BCUT2D eigenvalue weighted by molar-refractivity contribution is -0.124. The van der Waals surface area contributed by atoms with Crippen molar-refractivity contribution < 1.29 is 4.79 Å². The van der Waals surface area contributed by atoms with Gasteiger partial charge in [-0.05, 0) is 26.3 Å². The van der Waals surface area contributed by atoms with Gasteiger partial charge in [-0.2, -0.15) is 0 Å². The van der Waals surface area contributed by atoms with Crippen LogP contribution in [-0.4, -0.2) is 34.5 Å². The van der Waals surface area contributed by atoms with Gasteiger partial charge in [0.15, 0.2) is 0 Å². The molecule has 0 aliphatic rings. The molecule has 102 valence electrons. The maximum absolute atomic E-state index is 11.9. The summed E-state index contributed by atoms with van der Waals surface area (Å²) in [5, 5.41) is 13.9. The number of nitrogens with zero attached hydrogens (tertiary/aromatic N) is 3. The summed E-state index contributed by atoms with van der Waals surface area (Å²) in [6, 6.07) is -0.324. The van der Waals surface area contributed by atoms with E-state index in [9.17, 15) is 4.79 Å². The highest BCUT2D eigenvalue weighted by atomic mass is 16.2. The van der Waals surface area contributed by atoms with Gasteiger partial charge in [-0.25, -0.2) is 4.68 Å². The van der Waals surface area contributed by atoms with Gasteiger partial charge in [0, 0.05) is 13.1 Å². The van der Waals surface area contributed by atoms with Crippen molar-refractivity contribution in [2.24, 2.45) is 5.92 Å². The first-order valence-corrected chi connectivity index (χ1v) is 6.37. The van der Waals surface area contributed by atoms with Gasteiger partial charge in [0.25, 0.3) is 0 Å². The molecule has 0 saturated heterocycles.